The molecule has 0 bridgehead atoms. The molecule has 0 heterocycles. The van der Waals surface area contributed by atoms with E-state index in [4.69, 9.17) is 14.7 Å². The third kappa shape index (κ3) is 8.52. The van der Waals surface area contributed by atoms with Crippen LogP contribution in [0.15, 0.2) is 53.4 Å². The summed E-state index contributed by atoms with van der Waals surface area (Å²) in [4.78, 5) is 36.9. The lowest BCUT2D eigenvalue weighted by molar-refractivity contribution is -0.147. The van der Waals surface area contributed by atoms with E-state index in [1.54, 1.807) is 48.5 Å². The lowest BCUT2D eigenvalue weighted by atomic mass is 10.1. The Hall–Kier alpha value is -3.31. The second-order valence-electron chi connectivity index (χ2n) is 6.45. The van der Waals surface area contributed by atoms with Gasteiger partial charge in [0.05, 0.1) is 30.5 Å². The number of anilines is 1. The van der Waals surface area contributed by atoms with Gasteiger partial charge in [0.2, 0.25) is 0 Å². The van der Waals surface area contributed by atoms with Crippen molar-refractivity contribution in [2.75, 3.05) is 24.3 Å². The predicted molar refractivity (Wildman–Crippen MR) is 118 cm³/mol. The van der Waals surface area contributed by atoms with E-state index in [0.717, 1.165) is 11.3 Å². The van der Waals surface area contributed by atoms with Crippen LogP contribution in [-0.2, 0) is 14.3 Å². The van der Waals surface area contributed by atoms with Crippen molar-refractivity contribution in [1.82, 2.24) is 0 Å². The number of nitrogens with zero attached hydrogens (tertiary/aromatic N) is 1. The molecular weight excluding hydrogens is 416 g/mol. The van der Waals surface area contributed by atoms with Crippen molar-refractivity contribution < 1.29 is 23.9 Å². The van der Waals surface area contributed by atoms with Gasteiger partial charge in [-0.15, -0.1) is 11.8 Å². The molecule has 0 atom stereocenters. The molecule has 8 heteroatoms. The zero-order chi connectivity index (χ0) is 22.5. The van der Waals surface area contributed by atoms with Crippen LogP contribution in [0.3, 0.4) is 0 Å². The van der Waals surface area contributed by atoms with Gasteiger partial charge in [-0.25, -0.2) is 0 Å². The number of esters is 1. The second kappa shape index (κ2) is 13.1. The van der Waals surface area contributed by atoms with E-state index in [-0.39, 0.29) is 24.4 Å². The minimum absolute atomic E-state index is 0.0107. The van der Waals surface area contributed by atoms with Crippen molar-refractivity contribution in [1.29, 1.82) is 5.26 Å². The Morgan fingerprint density at radius 2 is 1.81 bits per heavy atom. The van der Waals surface area contributed by atoms with Crippen molar-refractivity contribution in [3.63, 3.8) is 0 Å². The van der Waals surface area contributed by atoms with Crippen LogP contribution in [0.4, 0.5) is 5.69 Å². The summed E-state index contributed by atoms with van der Waals surface area (Å²) in [5, 5.41) is 11.4. The highest BCUT2D eigenvalue weighted by atomic mass is 32.2. The van der Waals surface area contributed by atoms with Gasteiger partial charge in [-0.3, -0.25) is 14.4 Å². The van der Waals surface area contributed by atoms with Gasteiger partial charge in [0, 0.05) is 16.9 Å². The van der Waals surface area contributed by atoms with E-state index in [9.17, 15) is 14.4 Å². The number of para-hydroxylation sites is 1. The number of hydrogen-bond donors (Lipinski definition) is 1. The van der Waals surface area contributed by atoms with Crippen molar-refractivity contribution in [3.8, 4) is 11.8 Å². The Morgan fingerprint density at radius 3 is 2.52 bits per heavy atom. The van der Waals surface area contributed by atoms with Gasteiger partial charge in [-0.1, -0.05) is 19.1 Å². The molecule has 0 saturated carbocycles. The highest BCUT2D eigenvalue weighted by Crippen LogP contribution is 2.26. The summed E-state index contributed by atoms with van der Waals surface area (Å²) in [5.41, 5.74) is 1.03. The Kier molecular flexibility index (Phi) is 10.1. The monoisotopic (exact) mass is 440 g/mol. The third-order valence-corrected chi connectivity index (χ3v) is 4.96. The lowest BCUT2D eigenvalue weighted by Gasteiger charge is -2.10. The van der Waals surface area contributed by atoms with Crippen LogP contribution < -0.4 is 10.1 Å². The number of carbonyl (C=O) groups is 3. The average Bonchev–Trinajstić information content (AvgIpc) is 2.79. The number of amides is 1. The molecule has 2 aromatic carbocycles. The minimum Gasteiger partial charge on any atom is -0.494 e. The maximum atomic E-state index is 12.2. The zero-order valence-corrected chi connectivity index (χ0v) is 18.1. The molecule has 0 fully saturated rings. The first-order chi connectivity index (χ1) is 15.0. The Bertz CT molecular complexity index is 938. The number of nitrogens with one attached hydrogen (secondary N) is 1. The molecule has 0 aromatic heterocycles. The maximum Gasteiger partial charge on any atom is 0.306 e. The van der Waals surface area contributed by atoms with Crippen molar-refractivity contribution >= 4 is 35.1 Å². The highest BCUT2D eigenvalue weighted by molar-refractivity contribution is 7.99. The number of nitriles is 1. The molecule has 7 nitrogen and oxygen atoms in total. The summed E-state index contributed by atoms with van der Waals surface area (Å²) in [5.74, 6) is -0.362. The molecular formula is C23H24N2O5S. The van der Waals surface area contributed by atoms with E-state index < -0.39 is 18.5 Å². The summed E-state index contributed by atoms with van der Waals surface area (Å²) < 4.78 is 10.4. The number of carbonyl (C=O) groups excluding carboxylic acids is 3. The lowest BCUT2D eigenvalue weighted by Crippen LogP contribution is -2.21. The molecule has 162 valence electrons. The molecule has 1 amide bonds. The highest BCUT2D eigenvalue weighted by Gasteiger charge is 2.13. The van der Waals surface area contributed by atoms with Crippen LogP contribution in [0.25, 0.3) is 0 Å². The van der Waals surface area contributed by atoms with E-state index >= 15 is 0 Å². The largest absolute Gasteiger partial charge is 0.494 e. The molecule has 2 aromatic rings. The van der Waals surface area contributed by atoms with E-state index in [0.29, 0.717) is 23.6 Å². The fourth-order valence-electron chi connectivity index (χ4n) is 2.53. The van der Waals surface area contributed by atoms with Gasteiger partial charge in [-0.2, -0.15) is 5.26 Å². The van der Waals surface area contributed by atoms with Crippen LogP contribution in [0, 0.1) is 11.3 Å². The molecule has 0 radical (unpaired) electrons. The number of benzene rings is 2. The predicted octanol–water partition coefficient (Wildman–Crippen LogP) is 4.24. The van der Waals surface area contributed by atoms with Crippen LogP contribution in [0.1, 0.15) is 36.5 Å². The third-order valence-electron chi connectivity index (χ3n) is 4.02. The molecule has 31 heavy (non-hydrogen) atoms. The maximum absolute atomic E-state index is 12.2. The number of rotatable bonds is 12. The summed E-state index contributed by atoms with van der Waals surface area (Å²) in [7, 11) is 0. The number of ketones is 1. The summed E-state index contributed by atoms with van der Waals surface area (Å²) >= 11 is 1.30. The first kappa shape index (κ1) is 24.0. The van der Waals surface area contributed by atoms with Gasteiger partial charge in [-0.05, 0) is 42.8 Å². The molecule has 0 aliphatic heterocycles. The number of hydrogen-bond acceptors (Lipinski definition) is 7. The van der Waals surface area contributed by atoms with Crippen molar-refractivity contribution in [2.24, 2.45) is 0 Å². The Morgan fingerprint density at radius 1 is 1.06 bits per heavy atom. The van der Waals surface area contributed by atoms with Gasteiger partial charge in [0.15, 0.2) is 12.4 Å². The van der Waals surface area contributed by atoms with E-state index in [1.807, 2.05) is 13.0 Å². The number of Topliss-reactive ketones (excluding diaryl/α,β-unsaturated/α-hetero) is 1. The van der Waals surface area contributed by atoms with E-state index in [2.05, 4.69) is 5.32 Å². The second-order valence-corrected chi connectivity index (χ2v) is 7.47. The Balaban J connectivity index is 1.75. The quantitative estimate of drug-likeness (QED) is 0.299. The zero-order valence-electron chi connectivity index (χ0n) is 17.3. The summed E-state index contributed by atoms with van der Waals surface area (Å²) in [6.45, 7) is 2.17. The fourth-order valence-corrected chi connectivity index (χ4v) is 3.20. The SMILES string of the molecule is CCCOc1ccc(C(=O)CCC(=O)OCC(=O)Nc2ccccc2SCC#N)cc1. The van der Waals surface area contributed by atoms with E-state index in [1.165, 1.54) is 11.8 Å². The topological polar surface area (TPSA) is 105 Å². The molecule has 0 aliphatic carbocycles. The molecule has 2 rings (SSSR count). The summed E-state index contributed by atoms with van der Waals surface area (Å²) in [6.07, 6.45) is 0.769. The van der Waals surface area contributed by atoms with Gasteiger partial charge < -0.3 is 14.8 Å². The number of thioether (sulfide) groups is 1. The standard InChI is InChI=1S/C23H24N2O5S/c1-2-14-29-18-9-7-17(8-10-18)20(26)11-12-23(28)30-16-22(27)25-19-5-3-4-6-21(19)31-15-13-24/h3-10H,2,11-12,14-16H2,1H3,(H,25,27). The first-order valence-electron chi connectivity index (χ1n) is 9.83. The Labute approximate surface area is 185 Å². The molecule has 0 aliphatic rings. The van der Waals surface area contributed by atoms with Gasteiger partial charge in [0.1, 0.15) is 5.75 Å². The minimum atomic E-state index is -0.626. The van der Waals surface area contributed by atoms with Crippen LogP contribution in [0.2, 0.25) is 0 Å². The van der Waals surface area contributed by atoms with Gasteiger partial charge in [0.25, 0.3) is 5.91 Å². The molecule has 1 N–H and O–H groups in total. The normalized spacial score (nSPS) is 10.1. The summed E-state index contributed by atoms with van der Waals surface area (Å²) in [6, 6.07) is 15.8. The smallest absolute Gasteiger partial charge is 0.306 e. The molecule has 0 spiro atoms. The first-order valence-corrected chi connectivity index (χ1v) is 10.8. The van der Waals surface area contributed by atoms with Gasteiger partial charge >= 0.3 is 5.97 Å². The van der Waals surface area contributed by atoms with Crippen LogP contribution in [0.5, 0.6) is 5.75 Å². The van der Waals surface area contributed by atoms with Crippen molar-refractivity contribution in [3.05, 3.63) is 54.1 Å². The fraction of sp³-hybridized carbons (Fsp3) is 0.304. The molecule has 0 unspecified atom stereocenters. The molecule has 0 saturated heterocycles. The van der Waals surface area contributed by atoms with Crippen LogP contribution >= 0.6 is 11.8 Å². The number of ether oxygens (including phenoxy) is 2. The van der Waals surface area contributed by atoms with Crippen LogP contribution in [-0.4, -0.2) is 36.6 Å². The average molecular weight is 441 g/mol. The van der Waals surface area contributed by atoms with Crippen molar-refractivity contribution in [2.45, 2.75) is 31.1 Å².